The minimum absolute atomic E-state index is 0.0250. The second-order valence-electron chi connectivity index (χ2n) is 7.31. The van der Waals surface area contributed by atoms with Crippen molar-refractivity contribution in [2.24, 2.45) is 0 Å². The highest BCUT2D eigenvalue weighted by molar-refractivity contribution is 8.05. The van der Waals surface area contributed by atoms with E-state index in [0.29, 0.717) is 48.3 Å². The van der Waals surface area contributed by atoms with Gasteiger partial charge in [-0.25, -0.2) is 4.79 Å². The first kappa shape index (κ1) is 21.4. The normalized spacial score (nSPS) is 22.4. The van der Waals surface area contributed by atoms with Crippen molar-refractivity contribution in [1.82, 2.24) is 4.90 Å². The number of thioether (sulfide) groups is 1. The highest BCUT2D eigenvalue weighted by Gasteiger charge is 2.38. The van der Waals surface area contributed by atoms with Crippen LogP contribution < -0.4 is 9.47 Å². The number of amides is 2. The molecule has 0 aromatic heterocycles. The van der Waals surface area contributed by atoms with Crippen LogP contribution in [0, 0.1) is 0 Å². The maximum atomic E-state index is 13.0. The molecule has 1 aromatic rings. The molecule has 0 spiro atoms. The van der Waals surface area contributed by atoms with E-state index < -0.39 is 0 Å². The molecule has 1 fully saturated rings. The highest BCUT2D eigenvalue weighted by Crippen LogP contribution is 2.35. The summed E-state index contributed by atoms with van der Waals surface area (Å²) in [5.41, 5.74) is 2.27. The maximum absolute atomic E-state index is 13.0. The van der Waals surface area contributed by atoms with Crippen molar-refractivity contribution in [1.29, 1.82) is 0 Å². The number of methoxy groups -OCH3 is 2. The summed E-state index contributed by atoms with van der Waals surface area (Å²) in [6.45, 7) is 2.29. The maximum Gasteiger partial charge on any atom is 0.425 e. The van der Waals surface area contributed by atoms with Gasteiger partial charge in [0, 0.05) is 24.7 Å². The Kier molecular flexibility index (Phi) is 6.29. The van der Waals surface area contributed by atoms with Gasteiger partial charge in [0.25, 0.3) is 5.91 Å². The number of ether oxygens (including phenoxy) is 3. The van der Waals surface area contributed by atoms with Crippen LogP contribution in [0.4, 0.5) is 0 Å². The predicted octanol–water partition coefficient (Wildman–Crippen LogP) is 2.12. The van der Waals surface area contributed by atoms with Gasteiger partial charge in [0.05, 0.1) is 27.4 Å². The molecule has 8 heteroatoms. The molecule has 3 aliphatic rings. The Bertz CT molecular complexity index is 1030. The molecule has 2 amide bonds. The number of hydrogen-bond donors (Lipinski definition) is 0. The van der Waals surface area contributed by atoms with Crippen molar-refractivity contribution in [2.45, 2.75) is 5.25 Å². The van der Waals surface area contributed by atoms with Gasteiger partial charge in [0.1, 0.15) is 17.2 Å². The van der Waals surface area contributed by atoms with Gasteiger partial charge in [0.2, 0.25) is 5.71 Å². The molecule has 1 aliphatic carbocycles. The largest absolute Gasteiger partial charge is 0.493 e. The molecule has 0 radical (unpaired) electrons. The Morgan fingerprint density at radius 1 is 1.23 bits per heavy atom. The highest BCUT2D eigenvalue weighted by atomic mass is 32.2. The Hall–Kier alpha value is -2.84. The van der Waals surface area contributed by atoms with E-state index in [1.54, 1.807) is 30.7 Å². The van der Waals surface area contributed by atoms with Gasteiger partial charge in [-0.3, -0.25) is 4.79 Å². The topological polar surface area (TPSA) is 68.1 Å². The van der Waals surface area contributed by atoms with Crippen LogP contribution in [0.25, 0.3) is 6.08 Å². The van der Waals surface area contributed by atoms with E-state index in [4.69, 9.17) is 14.2 Å². The lowest BCUT2D eigenvalue weighted by Crippen LogP contribution is -2.42. The van der Waals surface area contributed by atoms with Crippen molar-refractivity contribution in [3.8, 4) is 11.5 Å². The first-order valence-corrected chi connectivity index (χ1v) is 10.9. The third-order valence-corrected chi connectivity index (χ3v) is 6.65. The fourth-order valence-electron chi connectivity index (χ4n) is 3.71. The van der Waals surface area contributed by atoms with E-state index in [9.17, 15) is 9.59 Å². The SMILES string of the molecule is COc1ccc(/C=C2\SC3C=CC(C(=O)N4CCOCC4)=CC3=[N+](C)C2=O)cc1OC. The first-order valence-electron chi connectivity index (χ1n) is 10.0. The lowest BCUT2D eigenvalue weighted by atomic mass is 10.0. The number of likely N-dealkylation sites (N-methyl/N-ethyl adjacent to an activating group) is 1. The minimum Gasteiger partial charge on any atom is -0.493 e. The van der Waals surface area contributed by atoms with Gasteiger partial charge < -0.3 is 19.1 Å². The van der Waals surface area contributed by atoms with Gasteiger partial charge in [-0.2, -0.15) is 4.58 Å². The molecular formula is C23H25N2O5S+. The molecule has 0 saturated carbocycles. The lowest BCUT2D eigenvalue weighted by Gasteiger charge is -2.28. The summed E-state index contributed by atoms with van der Waals surface area (Å²) in [5.74, 6) is 1.12. The van der Waals surface area contributed by atoms with E-state index in [-0.39, 0.29) is 17.1 Å². The number of carbonyl (C=O) groups excluding carboxylic acids is 2. The van der Waals surface area contributed by atoms with Crippen LogP contribution in [0.15, 0.2) is 46.9 Å². The van der Waals surface area contributed by atoms with Crippen molar-refractivity contribution in [3.63, 3.8) is 0 Å². The van der Waals surface area contributed by atoms with Crippen LogP contribution >= 0.6 is 11.8 Å². The van der Waals surface area contributed by atoms with Crippen LogP contribution in [-0.2, 0) is 14.3 Å². The van der Waals surface area contributed by atoms with E-state index in [2.05, 4.69) is 0 Å². The number of fused-ring (bicyclic) bond motifs is 1. The zero-order valence-corrected chi connectivity index (χ0v) is 18.6. The van der Waals surface area contributed by atoms with Gasteiger partial charge in [-0.1, -0.05) is 30.0 Å². The third-order valence-electron chi connectivity index (χ3n) is 5.45. The molecule has 2 aliphatic heterocycles. The summed E-state index contributed by atoms with van der Waals surface area (Å²) < 4.78 is 17.6. The number of nitrogens with zero attached hydrogens (tertiary/aromatic N) is 2. The summed E-state index contributed by atoms with van der Waals surface area (Å²) in [7, 11) is 4.92. The van der Waals surface area contributed by atoms with Crippen LogP contribution in [0.3, 0.4) is 0 Å². The number of benzene rings is 1. The molecule has 1 atom stereocenters. The van der Waals surface area contributed by atoms with Crippen molar-refractivity contribution >= 4 is 35.4 Å². The smallest absolute Gasteiger partial charge is 0.425 e. The fourth-order valence-corrected chi connectivity index (χ4v) is 4.93. The van der Waals surface area contributed by atoms with E-state index in [1.807, 2.05) is 42.5 Å². The predicted molar refractivity (Wildman–Crippen MR) is 120 cm³/mol. The molecule has 1 aromatic carbocycles. The van der Waals surface area contributed by atoms with Crippen LogP contribution in [-0.4, -0.2) is 79.8 Å². The number of carbonyl (C=O) groups is 2. The van der Waals surface area contributed by atoms with Crippen molar-refractivity contribution in [3.05, 3.63) is 52.5 Å². The second-order valence-corrected chi connectivity index (χ2v) is 8.50. The summed E-state index contributed by atoms with van der Waals surface area (Å²) in [6, 6.07) is 5.54. The van der Waals surface area contributed by atoms with E-state index in [0.717, 1.165) is 11.3 Å². The summed E-state index contributed by atoms with van der Waals surface area (Å²) in [5, 5.41) is -0.0321. The minimum atomic E-state index is -0.101. The summed E-state index contributed by atoms with van der Waals surface area (Å²) in [4.78, 5) is 28.3. The molecule has 1 unspecified atom stereocenters. The number of allylic oxidation sites excluding steroid dienone is 1. The molecule has 2 heterocycles. The molecule has 1 saturated heterocycles. The zero-order valence-electron chi connectivity index (χ0n) is 17.8. The van der Waals surface area contributed by atoms with Gasteiger partial charge in [0.15, 0.2) is 11.5 Å². The molecule has 0 bridgehead atoms. The van der Waals surface area contributed by atoms with Gasteiger partial charge >= 0.3 is 5.91 Å². The molecular weight excluding hydrogens is 416 g/mol. The number of rotatable bonds is 4. The Morgan fingerprint density at radius 3 is 2.68 bits per heavy atom. The average molecular weight is 442 g/mol. The average Bonchev–Trinajstić information content (AvgIpc) is 2.82. The van der Waals surface area contributed by atoms with Crippen molar-refractivity contribution in [2.75, 3.05) is 47.6 Å². The molecule has 4 rings (SSSR count). The molecule has 162 valence electrons. The quantitative estimate of drug-likeness (QED) is 0.527. The van der Waals surface area contributed by atoms with Crippen LogP contribution in [0.2, 0.25) is 0 Å². The molecule has 0 N–H and O–H groups in total. The Labute approximate surface area is 185 Å². The van der Waals surface area contributed by atoms with Gasteiger partial charge in [-0.05, 0) is 23.8 Å². The summed E-state index contributed by atoms with van der Waals surface area (Å²) in [6.07, 6.45) is 7.53. The number of hydrogen-bond acceptors (Lipinski definition) is 6. The van der Waals surface area contributed by atoms with Crippen molar-refractivity contribution < 1.29 is 28.4 Å². The van der Waals surface area contributed by atoms with Crippen LogP contribution in [0.5, 0.6) is 11.5 Å². The summed E-state index contributed by atoms with van der Waals surface area (Å²) >= 11 is 1.48. The molecule has 31 heavy (non-hydrogen) atoms. The van der Waals surface area contributed by atoms with E-state index >= 15 is 0 Å². The van der Waals surface area contributed by atoms with Gasteiger partial charge in [-0.15, -0.1) is 0 Å². The first-order chi connectivity index (χ1) is 15.0. The monoisotopic (exact) mass is 441 g/mol. The van der Waals surface area contributed by atoms with E-state index in [1.165, 1.54) is 11.8 Å². The van der Waals surface area contributed by atoms with Crippen LogP contribution in [0.1, 0.15) is 5.56 Å². The second kappa shape index (κ2) is 9.11. The number of morpholine rings is 1. The Morgan fingerprint density at radius 2 is 1.97 bits per heavy atom. The zero-order chi connectivity index (χ0) is 22.0. The fraction of sp³-hybridized carbons (Fsp3) is 0.348. The lowest BCUT2D eigenvalue weighted by molar-refractivity contribution is -0.413. The Balaban J connectivity index is 1.60. The molecule has 7 nitrogen and oxygen atoms in total. The standard InChI is InChI=1S/C23H25N2O5S/c1-24-17-14-16(22(26)25-8-10-30-11-9-25)5-7-20(17)31-21(23(24)27)13-15-4-6-18(28-2)19(12-15)29-3/h4-7,12-14,20H,8-11H2,1-3H3/q+1/b21-13-. The third kappa shape index (κ3) is 4.31.